The molecule has 2 rings (SSSR count). The molecule has 4 nitrogen and oxygen atoms in total. The van der Waals surface area contributed by atoms with E-state index < -0.39 is 0 Å². The Morgan fingerprint density at radius 3 is 2.61 bits per heavy atom. The first-order valence-electron chi connectivity index (χ1n) is 5.42. The first kappa shape index (κ1) is 12.1. The fraction of sp³-hybridized carbons (Fsp3) is 0.143. The van der Waals surface area contributed by atoms with E-state index in [-0.39, 0.29) is 0 Å². The van der Waals surface area contributed by atoms with Crippen LogP contribution in [0.5, 0.6) is 11.6 Å². The van der Waals surface area contributed by atoms with Gasteiger partial charge in [-0.3, -0.25) is 4.79 Å². The van der Waals surface area contributed by atoms with Gasteiger partial charge in [-0.15, -0.1) is 0 Å². The zero-order valence-corrected chi connectivity index (χ0v) is 10.2. The minimum Gasteiger partial charge on any atom is -0.497 e. The molecule has 0 saturated heterocycles. The molecule has 0 aliphatic carbocycles. The maximum absolute atomic E-state index is 11.2. The number of hydrogen-bond acceptors (Lipinski definition) is 4. The van der Waals surface area contributed by atoms with Crippen molar-refractivity contribution in [1.29, 1.82) is 0 Å². The summed E-state index contributed by atoms with van der Waals surface area (Å²) < 4.78 is 10.3. The van der Waals surface area contributed by atoms with Crippen LogP contribution >= 0.6 is 0 Å². The number of carbonyl (C=O) groups excluding carboxylic acids is 1. The Kier molecular flexibility index (Phi) is 3.57. The second-order valence-corrected chi connectivity index (χ2v) is 3.63. The van der Waals surface area contributed by atoms with Crippen molar-refractivity contribution >= 4 is 6.29 Å². The lowest BCUT2D eigenvalue weighted by molar-refractivity contribution is 0.112. The third-order valence-electron chi connectivity index (χ3n) is 2.64. The maximum atomic E-state index is 11.2. The van der Waals surface area contributed by atoms with Crippen LogP contribution in [0.2, 0.25) is 0 Å². The average Bonchev–Trinajstić information content (AvgIpc) is 2.46. The first-order chi connectivity index (χ1) is 8.80. The lowest BCUT2D eigenvalue weighted by atomic mass is 10.0. The van der Waals surface area contributed by atoms with Crippen LogP contribution in [0.25, 0.3) is 11.1 Å². The Bertz CT molecular complexity index is 567. The van der Waals surface area contributed by atoms with E-state index in [0.717, 1.165) is 17.4 Å². The van der Waals surface area contributed by atoms with Gasteiger partial charge in [-0.25, -0.2) is 4.98 Å². The molecule has 0 fully saturated rings. The molecule has 4 heteroatoms. The summed E-state index contributed by atoms with van der Waals surface area (Å²) in [6.45, 7) is 0. The van der Waals surface area contributed by atoms with Gasteiger partial charge in [0.1, 0.15) is 5.75 Å². The van der Waals surface area contributed by atoms with Crippen molar-refractivity contribution in [2.24, 2.45) is 0 Å². The molecular formula is C14H13NO3. The van der Waals surface area contributed by atoms with E-state index in [0.29, 0.717) is 17.2 Å². The van der Waals surface area contributed by atoms with Crippen LogP contribution in [-0.2, 0) is 0 Å². The van der Waals surface area contributed by atoms with Crippen molar-refractivity contribution in [2.75, 3.05) is 14.2 Å². The number of benzene rings is 1. The van der Waals surface area contributed by atoms with Crippen LogP contribution in [0.1, 0.15) is 10.4 Å². The SMILES string of the molecule is COc1ccc(-c2cccnc2OC)c(C=O)c1. The van der Waals surface area contributed by atoms with E-state index >= 15 is 0 Å². The Balaban J connectivity index is 2.59. The standard InChI is InChI=1S/C14H13NO3/c1-17-11-5-6-12(10(8-11)9-16)13-4-3-7-15-14(13)18-2/h3-9H,1-2H3. The predicted molar refractivity (Wildman–Crippen MR) is 68.2 cm³/mol. The topological polar surface area (TPSA) is 48.4 Å². The molecule has 1 aromatic heterocycles. The van der Waals surface area contributed by atoms with Crippen molar-refractivity contribution < 1.29 is 14.3 Å². The third-order valence-corrected chi connectivity index (χ3v) is 2.64. The highest BCUT2D eigenvalue weighted by atomic mass is 16.5. The zero-order valence-electron chi connectivity index (χ0n) is 10.2. The minimum absolute atomic E-state index is 0.491. The molecule has 0 aliphatic heterocycles. The van der Waals surface area contributed by atoms with Gasteiger partial charge >= 0.3 is 0 Å². The van der Waals surface area contributed by atoms with Crippen molar-refractivity contribution in [1.82, 2.24) is 4.98 Å². The second-order valence-electron chi connectivity index (χ2n) is 3.63. The van der Waals surface area contributed by atoms with Crippen LogP contribution in [0.15, 0.2) is 36.5 Å². The quantitative estimate of drug-likeness (QED) is 0.774. The number of nitrogens with zero attached hydrogens (tertiary/aromatic N) is 1. The van der Waals surface area contributed by atoms with E-state index in [1.807, 2.05) is 12.1 Å². The van der Waals surface area contributed by atoms with Gasteiger partial charge in [0.2, 0.25) is 5.88 Å². The summed E-state index contributed by atoms with van der Waals surface area (Å²) in [7, 11) is 3.12. The number of hydrogen-bond donors (Lipinski definition) is 0. The van der Waals surface area contributed by atoms with Gasteiger partial charge in [-0.2, -0.15) is 0 Å². The highest BCUT2D eigenvalue weighted by Gasteiger charge is 2.11. The summed E-state index contributed by atoms with van der Waals surface area (Å²) in [5, 5.41) is 0. The van der Waals surface area contributed by atoms with Crippen LogP contribution in [-0.4, -0.2) is 25.5 Å². The van der Waals surface area contributed by atoms with E-state index in [1.54, 1.807) is 38.6 Å². The molecule has 0 aliphatic rings. The molecule has 0 amide bonds. The molecule has 0 radical (unpaired) electrons. The number of ether oxygens (including phenoxy) is 2. The molecule has 0 spiro atoms. The van der Waals surface area contributed by atoms with Gasteiger partial charge in [-0.05, 0) is 35.9 Å². The van der Waals surface area contributed by atoms with Crippen molar-refractivity contribution in [2.45, 2.75) is 0 Å². The summed E-state index contributed by atoms with van der Waals surface area (Å²) >= 11 is 0. The Hall–Kier alpha value is -2.36. The Morgan fingerprint density at radius 1 is 1.11 bits per heavy atom. The van der Waals surface area contributed by atoms with E-state index in [9.17, 15) is 4.79 Å². The second kappa shape index (κ2) is 5.31. The molecule has 0 N–H and O–H groups in total. The highest BCUT2D eigenvalue weighted by Crippen LogP contribution is 2.31. The summed E-state index contributed by atoms with van der Waals surface area (Å²) in [5.74, 6) is 1.13. The van der Waals surface area contributed by atoms with E-state index in [4.69, 9.17) is 9.47 Å². The molecule has 2 aromatic rings. The van der Waals surface area contributed by atoms with Crippen molar-refractivity contribution in [3.8, 4) is 22.8 Å². The van der Waals surface area contributed by atoms with Gasteiger partial charge in [0.15, 0.2) is 6.29 Å². The zero-order chi connectivity index (χ0) is 13.0. The van der Waals surface area contributed by atoms with E-state index in [1.165, 1.54) is 0 Å². The number of methoxy groups -OCH3 is 2. The molecule has 1 heterocycles. The predicted octanol–water partition coefficient (Wildman–Crippen LogP) is 2.58. The van der Waals surface area contributed by atoms with Gasteiger partial charge in [0.05, 0.1) is 14.2 Å². The fourth-order valence-corrected chi connectivity index (χ4v) is 1.77. The Labute approximate surface area is 105 Å². The van der Waals surface area contributed by atoms with Gasteiger partial charge in [0, 0.05) is 17.3 Å². The number of carbonyl (C=O) groups is 1. The molecule has 0 atom stereocenters. The van der Waals surface area contributed by atoms with Gasteiger partial charge in [0.25, 0.3) is 0 Å². The van der Waals surface area contributed by atoms with Crippen LogP contribution in [0, 0.1) is 0 Å². The van der Waals surface area contributed by atoms with Crippen LogP contribution in [0.3, 0.4) is 0 Å². The van der Waals surface area contributed by atoms with Crippen molar-refractivity contribution in [3.63, 3.8) is 0 Å². The first-order valence-corrected chi connectivity index (χ1v) is 5.42. The molecular weight excluding hydrogens is 230 g/mol. The van der Waals surface area contributed by atoms with Crippen molar-refractivity contribution in [3.05, 3.63) is 42.1 Å². The molecule has 1 aromatic carbocycles. The summed E-state index contributed by atoms with van der Waals surface area (Å²) in [5.41, 5.74) is 2.10. The molecule has 0 saturated carbocycles. The third kappa shape index (κ3) is 2.18. The average molecular weight is 243 g/mol. The maximum Gasteiger partial charge on any atom is 0.221 e. The van der Waals surface area contributed by atoms with Crippen LogP contribution < -0.4 is 9.47 Å². The number of aromatic nitrogens is 1. The molecule has 18 heavy (non-hydrogen) atoms. The number of aldehydes is 1. The van der Waals surface area contributed by atoms with Gasteiger partial charge < -0.3 is 9.47 Å². The number of pyridine rings is 1. The van der Waals surface area contributed by atoms with E-state index in [2.05, 4.69) is 4.98 Å². The largest absolute Gasteiger partial charge is 0.497 e. The lowest BCUT2D eigenvalue weighted by Gasteiger charge is -2.10. The number of rotatable bonds is 4. The monoisotopic (exact) mass is 243 g/mol. The lowest BCUT2D eigenvalue weighted by Crippen LogP contribution is -1.95. The molecule has 92 valence electrons. The highest BCUT2D eigenvalue weighted by molar-refractivity contribution is 5.89. The fourth-order valence-electron chi connectivity index (χ4n) is 1.77. The normalized spacial score (nSPS) is 9.89. The summed E-state index contributed by atoms with van der Waals surface area (Å²) in [4.78, 5) is 15.3. The van der Waals surface area contributed by atoms with Crippen LogP contribution in [0.4, 0.5) is 0 Å². The van der Waals surface area contributed by atoms with Gasteiger partial charge in [-0.1, -0.05) is 0 Å². The molecule has 0 bridgehead atoms. The smallest absolute Gasteiger partial charge is 0.221 e. The summed E-state index contributed by atoms with van der Waals surface area (Å²) in [6, 6.07) is 8.98. The Morgan fingerprint density at radius 2 is 1.94 bits per heavy atom. The molecule has 0 unspecified atom stereocenters. The minimum atomic E-state index is 0.491. The summed E-state index contributed by atoms with van der Waals surface area (Å²) in [6.07, 6.45) is 2.44.